The molecule has 0 fully saturated rings. The first-order valence-corrected chi connectivity index (χ1v) is 7.81. The van der Waals surface area contributed by atoms with E-state index in [9.17, 15) is 4.79 Å². The third-order valence-corrected chi connectivity index (χ3v) is 4.30. The lowest BCUT2D eigenvalue weighted by Gasteiger charge is -2.10. The lowest BCUT2D eigenvalue weighted by atomic mass is 10.4. The molecule has 0 atom stereocenters. The summed E-state index contributed by atoms with van der Waals surface area (Å²) in [6, 6.07) is 3.56. The Morgan fingerprint density at radius 2 is 2.26 bits per heavy atom. The van der Waals surface area contributed by atoms with Crippen LogP contribution in [0.3, 0.4) is 0 Å². The van der Waals surface area contributed by atoms with Crippen molar-refractivity contribution in [2.45, 2.75) is 18.5 Å². The number of rotatable bonds is 3. The molecule has 0 radical (unpaired) electrons. The van der Waals surface area contributed by atoms with Gasteiger partial charge in [-0.05, 0) is 13.2 Å². The molecule has 0 spiro atoms. The van der Waals surface area contributed by atoms with E-state index >= 15 is 0 Å². The Balaban J connectivity index is 2.22. The third-order valence-electron chi connectivity index (χ3n) is 2.92. The Kier molecular flexibility index (Phi) is 3.16. The molecule has 0 aliphatic heterocycles. The number of thiazole rings is 1. The lowest BCUT2D eigenvalue weighted by molar-refractivity contribution is 0.738. The Labute approximate surface area is 117 Å². The molecule has 3 rings (SSSR count). The number of fused-ring (bicyclic) bond motifs is 1. The molecule has 5 nitrogen and oxygen atoms in total. The molecule has 0 bridgehead atoms. The molecule has 0 saturated carbocycles. The normalized spacial score (nSPS) is 11.3. The van der Waals surface area contributed by atoms with Crippen molar-refractivity contribution in [1.82, 2.24) is 19.2 Å². The van der Waals surface area contributed by atoms with Crippen molar-refractivity contribution in [3.8, 4) is 0 Å². The van der Waals surface area contributed by atoms with Crippen molar-refractivity contribution in [1.29, 1.82) is 0 Å². The number of aromatic nitrogens is 4. The highest BCUT2D eigenvalue weighted by Crippen LogP contribution is 2.17. The molecule has 0 amide bonds. The highest BCUT2D eigenvalue weighted by molar-refractivity contribution is 7.98. The summed E-state index contributed by atoms with van der Waals surface area (Å²) in [6.45, 7) is 2.65. The Hall–Kier alpha value is -1.60. The maximum Gasteiger partial charge on any atom is 0.274 e. The van der Waals surface area contributed by atoms with Crippen LogP contribution in [0.2, 0.25) is 0 Å². The van der Waals surface area contributed by atoms with Crippen molar-refractivity contribution in [2.24, 2.45) is 0 Å². The molecule has 3 aromatic heterocycles. The lowest BCUT2D eigenvalue weighted by Crippen LogP contribution is -2.19. The van der Waals surface area contributed by atoms with Crippen molar-refractivity contribution >= 4 is 28.7 Å². The van der Waals surface area contributed by atoms with Crippen LogP contribution >= 0.6 is 23.1 Å². The van der Waals surface area contributed by atoms with Gasteiger partial charge in [-0.25, -0.2) is 0 Å². The standard InChI is InChI=1S/C12H12N4OS2/c1-8-3-12(17)16-11(4-10(14-16)18-2)15(8)6-9-5-13-7-19-9/h3-5,7H,6H2,1-2H3. The summed E-state index contributed by atoms with van der Waals surface area (Å²) in [4.78, 5) is 17.2. The maximum atomic E-state index is 12.0. The van der Waals surface area contributed by atoms with Gasteiger partial charge in [0.1, 0.15) is 10.7 Å². The first-order chi connectivity index (χ1) is 9.19. The highest BCUT2D eigenvalue weighted by atomic mass is 32.2. The molecule has 0 N–H and O–H groups in total. The minimum Gasteiger partial charge on any atom is -0.325 e. The Morgan fingerprint density at radius 3 is 2.95 bits per heavy atom. The minimum atomic E-state index is -0.0895. The highest BCUT2D eigenvalue weighted by Gasteiger charge is 2.10. The van der Waals surface area contributed by atoms with E-state index in [0.29, 0.717) is 6.54 Å². The van der Waals surface area contributed by atoms with Crippen LogP contribution < -0.4 is 5.56 Å². The summed E-state index contributed by atoms with van der Waals surface area (Å²) in [5.41, 5.74) is 3.48. The fourth-order valence-corrected chi connectivity index (χ4v) is 2.95. The smallest absolute Gasteiger partial charge is 0.274 e. The average Bonchev–Trinajstić information content (AvgIpc) is 3.03. The number of aryl methyl sites for hydroxylation is 1. The summed E-state index contributed by atoms with van der Waals surface area (Å²) in [5, 5.41) is 5.14. The van der Waals surface area contributed by atoms with E-state index in [0.717, 1.165) is 21.2 Å². The molecular formula is C12H12N4OS2. The van der Waals surface area contributed by atoms with Crippen LogP contribution in [-0.2, 0) is 6.54 Å². The van der Waals surface area contributed by atoms with Gasteiger partial charge in [0.15, 0.2) is 0 Å². The Bertz CT molecular complexity index is 773. The number of hydrogen-bond donors (Lipinski definition) is 0. The largest absolute Gasteiger partial charge is 0.325 e. The monoisotopic (exact) mass is 292 g/mol. The second kappa shape index (κ2) is 4.82. The van der Waals surface area contributed by atoms with Crippen LogP contribution in [0.25, 0.3) is 5.65 Å². The topological polar surface area (TPSA) is 52.2 Å². The summed E-state index contributed by atoms with van der Waals surface area (Å²) in [7, 11) is 0. The molecule has 0 saturated heterocycles. The van der Waals surface area contributed by atoms with Gasteiger partial charge in [-0.2, -0.15) is 9.61 Å². The van der Waals surface area contributed by atoms with Gasteiger partial charge in [0.05, 0.1) is 12.1 Å². The molecule has 19 heavy (non-hydrogen) atoms. The molecule has 98 valence electrons. The number of thioether (sulfide) groups is 1. The quantitative estimate of drug-likeness (QED) is 0.693. The minimum absolute atomic E-state index is 0.0895. The van der Waals surface area contributed by atoms with Crippen molar-refractivity contribution in [3.63, 3.8) is 0 Å². The SMILES string of the molecule is CSc1cc2n(Cc3cncs3)c(C)cc(=O)n2n1. The molecule has 3 aromatic rings. The van der Waals surface area contributed by atoms with Gasteiger partial charge in [-0.15, -0.1) is 23.1 Å². The molecule has 0 aliphatic rings. The van der Waals surface area contributed by atoms with Gasteiger partial charge < -0.3 is 4.57 Å². The predicted octanol–water partition coefficient (Wildman–Crippen LogP) is 2.03. The summed E-state index contributed by atoms with van der Waals surface area (Å²) in [6.07, 6.45) is 3.80. The maximum absolute atomic E-state index is 12.0. The third kappa shape index (κ3) is 2.19. The summed E-state index contributed by atoms with van der Waals surface area (Å²) in [5.74, 6) is 0. The van der Waals surface area contributed by atoms with Gasteiger partial charge in [-0.1, -0.05) is 0 Å². The van der Waals surface area contributed by atoms with Crippen molar-refractivity contribution in [2.75, 3.05) is 6.26 Å². The Morgan fingerprint density at radius 1 is 1.42 bits per heavy atom. The second-order valence-corrected chi connectivity index (χ2v) is 5.93. The van der Waals surface area contributed by atoms with Gasteiger partial charge >= 0.3 is 0 Å². The zero-order chi connectivity index (χ0) is 13.4. The van der Waals surface area contributed by atoms with Gasteiger partial charge in [0, 0.05) is 28.9 Å². The van der Waals surface area contributed by atoms with Gasteiger partial charge in [0.25, 0.3) is 5.56 Å². The van der Waals surface area contributed by atoms with Crippen LogP contribution in [-0.4, -0.2) is 25.4 Å². The van der Waals surface area contributed by atoms with Crippen LogP contribution in [0.5, 0.6) is 0 Å². The summed E-state index contributed by atoms with van der Waals surface area (Å²) >= 11 is 3.14. The average molecular weight is 292 g/mol. The van der Waals surface area contributed by atoms with E-state index in [1.165, 1.54) is 16.3 Å². The molecule has 0 aromatic carbocycles. The van der Waals surface area contributed by atoms with Crippen LogP contribution in [0, 0.1) is 6.92 Å². The van der Waals surface area contributed by atoms with E-state index in [-0.39, 0.29) is 5.56 Å². The van der Waals surface area contributed by atoms with Crippen LogP contribution in [0.4, 0.5) is 0 Å². The van der Waals surface area contributed by atoms with E-state index in [4.69, 9.17) is 0 Å². The molecule has 7 heteroatoms. The molecule has 3 heterocycles. The van der Waals surface area contributed by atoms with Crippen LogP contribution in [0.1, 0.15) is 10.6 Å². The van der Waals surface area contributed by atoms with Gasteiger partial charge in [0.2, 0.25) is 0 Å². The predicted molar refractivity (Wildman–Crippen MR) is 77.2 cm³/mol. The van der Waals surface area contributed by atoms with Crippen molar-refractivity contribution in [3.05, 3.63) is 44.8 Å². The van der Waals surface area contributed by atoms with E-state index < -0.39 is 0 Å². The first kappa shape index (κ1) is 12.4. The fourth-order valence-electron chi connectivity index (χ4n) is 1.98. The first-order valence-electron chi connectivity index (χ1n) is 5.70. The number of nitrogens with zero attached hydrogens (tertiary/aromatic N) is 4. The van der Waals surface area contributed by atoms with Crippen LogP contribution in [0.15, 0.2) is 33.7 Å². The van der Waals surface area contributed by atoms with Crippen molar-refractivity contribution < 1.29 is 0 Å². The molecule has 0 unspecified atom stereocenters. The molecular weight excluding hydrogens is 280 g/mol. The zero-order valence-electron chi connectivity index (χ0n) is 10.5. The second-order valence-electron chi connectivity index (χ2n) is 4.13. The summed E-state index contributed by atoms with van der Waals surface area (Å²) < 4.78 is 3.54. The number of hydrogen-bond acceptors (Lipinski definition) is 5. The van der Waals surface area contributed by atoms with E-state index in [1.807, 2.05) is 31.0 Å². The van der Waals surface area contributed by atoms with Gasteiger partial charge in [-0.3, -0.25) is 9.78 Å². The fraction of sp³-hybridized carbons (Fsp3) is 0.250. The molecule has 0 aliphatic carbocycles. The zero-order valence-corrected chi connectivity index (χ0v) is 12.2. The van der Waals surface area contributed by atoms with E-state index in [1.54, 1.807) is 17.4 Å². The van der Waals surface area contributed by atoms with E-state index in [2.05, 4.69) is 14.6 Å².